The molecule has 146 valence electrons. The van der Waals surface area contributed by atoms with Gasteiger partial charge in [-0.15, -0.1) is 0 Å². The van der Waals surface area contributed by atoms with Crippen LogP contribution < -0.4 is 19.1 Å². The van der Waals surface area contributed by atoms with E-state index in [1.54, 1.807) is 0 Å². The maximum Gasteiger partial charge on any atom is 0.244 e. The van der Waals surface area contributed by atoms with Crippen LogP contribution in [0.25, 0.3) is 0 Å². The van der Waals surface area contributed by atoms with Crippen LogP contribution in [-0.2, 0) is 14.8 Å². The minimum atomic E-state index is -3.93. The normalized spacial score (nSPS) is 11.1. The molecule has 0 heterocycles. The average molecular weight is 392 g/mol. The monoisotopic (exact) mass is 392 g/mol. The predicted octanol–water partition coefficient (Wildman–Crippen LogP) is 2.34. The summed E-state index contributed by atoms with van der Waals surface area (Å²) in [6, 6.07) is 11.8. The molecule has 0 aliphatic carbocycles. The lowest BCUT2D eigenvalue weighted by Crippen LogP contribution is -2.40. The van der Waals surface area contributed by atoms with Crippen LogP contribution in [0.5, 0.6) is 11.5 Å². The number of ether oxygens (including phenoxy) is 2. The Kier molecular flexibility index (Phi) is 6.81. The van der Waals surface area contributed by atoms with Gasteiger partial charge in [0.05, 0.1) is 20.8 Å². The van der Waals surface area contributed by atoms with Crippen LogP contribution in [0.1, 0.15) is 12.5 Å². The zero-order chi connectivity index (χ0) is 20.0. The summed E-state index contributed by atoms with van der Waals surface area (Å²) in [6.07, 6.45) is 0. The van der Waals surface area contributed by atoms with Gasteiger partial charge in [0, 0.05) is 18.3 Å². The van der Waals surface area contributed by atoms with E-state index in [4.69, 9.17) is 9.47 Å². The summed E-state index contributed by atoms with van der Waals surface area (Å²) in [5, 5.41) is 0. The van der Waals surface area contributed by atoms with E-state index in [0.29, 0.717) is 12.3 Å². The molecule has 1 amide bonds. The fourth-order valence-electron chi connectivity index (χ4n) is 2.63. The highest BCUT2D eigenvalue weighted by atomic mass is 32.2. The smallest absolute Gasteiger partial charge is 0.244 e. The van der Waals surface area contributed by atoms with Gasteiger partial charge in [-0.2, -0.15) is 0 Å². The zero-order valence-corrected chi connectivity index (χ0v) is 16.7. The van der Waals surface area contributed by atoms with Gasteiger partial charge in [0.15, 0.2) is 0 Å². The molecule has 0 spiro atoms. The van der Waals surface area contributed by atoms with Crippen LogP contribution in [0.4, 0.5) is 5.69 Å². The highest BCUT2D eigenvalue weighted by Crippen LogP contribution is 2.28. The predicted molar refractivity (Wildman–Crippen MR) is 104 cm³/mol. The Hall–Kier alpha value is -2.58. The molecule has 0 fully saturated rings. The van der Waals surface area contributed by atoms with Gasteiger partial charge in [0.2, 0.25) is 15.9 Å². The number of carbonyl (C=O) groups excluding carboxylic acids is 1. The fourth-order valence-corrected chi connectivity index (χ4v) is 3.75. The Balaban J connectivity index is 2.17. The Labute approximate surface area is 160 Å². The van der Waals surface area contributed by atoms with Crippen LogP contribution >= 0.6 is 0 Å². The molecule has 2 aromatic carbocycles. The van der Waals surface area contributed by atoms with Crippen molar-refractivity contribution in [2.24, 2.45) is 0 Å². The number of methoxy groups -OCH3 is 2. The van der Waals surface area contributed by atoms with E-state index in [2.05, 4.69) is 4.72 Å². The molecule has 0 unspecified atom stereocenters. The third-order valence-electron chi connectivity index (χ3n) is 4.00. The molecular formula is C19H24N2O5S. The summed E-state index contributed by atoms with van der Waals surface area (Å²) in [5.74, 6) is 0.262. The van der Waals surface area contributed by atoms with Crippen molar-refractivity contribution in [1.29, 1.82) is 0 Å². The summed E-state index contributed by atoms with van der Waals surface area (Å²) >= 11 is 0. The van der Waals surface area contributed by atoms with Crippen molar-refractivity contribution in [3.8, 4) is 11.5 Å². The number of carbonyl (C=O) groups is 1. The lowest BCUT2D eigenvalue weighted by atomic mass is 10.2. The number of benzene rings is 2. The van der Waals surface area contributed by atoms with Gasteiger partial charge in [-0.25, -0.2) is 13.1 Å². The van der Waals surface area contributed by atoms with Gasteiger partial charge in [-0.3, -0.25) is 4.79 Å². The minimum absolute atomic E-state index is 0.0581. The number of hydrogen-bond donors (Lipinski definition) is 1. The summed E-state index contributed by atoms with van der Waals surface area (Å²) in [6.45, 7) is 3.83. The largest absolute Gasteiger partial charge is 0.497 e. The topological polar surface area (TPSA) is 84.9 Å². The van der Waals surface area contributed by atoms with E-state index >= 15 is 0 Å². The SMILES string of the molecule is CCN(C(=O)CNS(=O)(=O)c1ccc(OC)cc1OC)c1cccc(C)c1. The first-order valence-corrected chi connectivity index (χ1v) is 9.89. The lowest BCUT2D eigenvalue weighted by Gasteiger charge is -2.22. The van der Waals surface area contributed by atoms with Crippen molar-refractivity contribution in [1.82, 2.24) is 4.72 Å². The van der Waals surface area contributed by atoms with Crippen molar-refractivity contribution in [3.05, 3.63) is 48.0 Å². The number of amides is 1. The van der Waals surface area contributed by atoms with E-state index < -0.39 is 10.0 Å². The maximum atomic E-state index is 12.6. The van der Waals surface area contributed by atoms with Crippen LogP contribution in [-0.4, -0.2) is 41.6 Å². The molecule has 0 saturated heterocycles. The van der Waals surface area contributed by atoms with Crippen LogP contribution in [0.15, 0.2) is 47.4 Å². The molecule has 0 bridgehead atoms. The van der Waals surface area contributed by atoms with E-state index in [1.807, 2.05) is 38.1 Å². The number of hydrogen-bond acceptors (Lipinski definition) is 5. The number of rotatable bonds is 8. The molecule has 0 aromatic heterocycles. The van der Waals surface area contributed by atoms with Gasteiger partial charge in [-0.1, -0.05) is 12.1 Å². The number of likely N-dealkylation sites (N-methyl/N-ethyl adjacent to an activating group) is 1. The highest BCUT2D eigenvalue weighted by Gasteiger charge is 2.23. The van der Waals surface area contributed by atoms with Gasteiger partial charge in [0.25, 0.3) is 0 Å². The lowest BCUT2D eigenvalue weighted by molar-refractivity contribution is -0.117. The van der Waals surface area contributed by atoms with Crippen LogP contribution in [0.2, 0.25) is 0 Å². The summed E-state index contributed by atoms with van der Waals surface area (Å²) in [5.41, 5.74) is 1.74. The second-order valence-electron chi connectivity index (χ2n) is 5.82. The fraction of sp³-hybridized carbons (Fsp3) is 0.316. The second-order valence-corrected chi connectivity index (χ2v) is 7.55. The first-order chi connectivity index (χ1) is 12.8. The number of nitrogens with zero attached hydrogens (tertiary/aromatic N) is 1. The molecule has 0 radical (unpaired) electrons. The molecule has 0 aliphatic rings. The molecule has 1 N–H and O–H groups in total. The van der Waals surface area contributed by atoms with Gasteiger partial charge < -0.3 is 14.4 Å². The van der Waals surface area contributed by atoms with Crippen LogP contribution in [0.3, 0.4) is 0 Å². The molecule has 27 heavy (non-hydrogen) atoms. The first kappa shape index (κ1) is 20.7. The van der Waals surface area contributed by atoms with E-state index in [-0.39, 0.29) is 23.1 Å². The van der Waals surface area contributed by atoms with E-state index in [1.165, 1.54) is 37.3 Å². The quantitative estimate of drug-likeness (QED) is 0.745. The third-order valence-corrected chi connectivity index (χ3v) is 5.45. The molecule has 8 heteroatoms. The minimum Gasteiger partial charge on any atom is -0.497 e. The van der Waals surface area contributed by atoms with Crippen molar-refractivity contribution in [3.63, 3.8) is 0 Å². The first-order valence-electron chi connectivity index (χ1n) is 8.41. The Bertz CT molecular complexity index is 912. The summed E-state index contributed by atoms with van der Waals surface area (Å²) in [4.78, 5) is 14.0. The van der Waals surface area contributed by atoms with Crippen molar-refractivity contribution in [2.45, 2.75) is 18.7 Å². The molecule has 0 aliphatic heterocycles. The van der Waals surface area contributed by atoms with Gasteiger partial charge >= 0.3 is 0 Å². The van der Waals surface area contributed by atoms with Gasteiger partial charge in [0.1, 0.15) is 16.4 Å². The number of anilines is 1. The Morgan fingerprint density at radius 3 is 2.44 bits per heavy atom. The number of nitrogens with one attached hydrogen (secondary N) is 1. The molecule has 0 saturated carbocycles. The molecular weight excluding hydrogens is 368 g/mol. The molecule has 2 aromatic rings. The summed E-state index contributed by atoms with van der Waals surface area (Å²) < 4.78 is 37.8. The number of sulfonamides is 1. The third kappa shape index (κ3) is 4.99. The highest BCUT2D eigenvalue weighted by molar-refractivity contribution is 7.89. The van der Waals surface area contributed by atoms with E-state index in [9.17, 15) is 13.2 Å². The molecule has 2 rings (SSSR count). The standard InChI is InChI=1S/C19H24N2O5S/c1-5-21(15-8-6-7-14(2)11-15)19(22)13-20-27(23,24)18-10-9-16(25-3)12-17(18)26-4/h6-12,20H,5,13H2,1-4H3. The Morgan fingerprint density at radius 1 is 1.11 bits per heavy atom. The van der Waals surface area contributed by atoms with Crippen molar-refractivity contribution < 1.29 is 22.7 Å². The summed E-state index contributed by atoms with van der Waals surface area (Å²) in [7, 11) is -1.09. The second kappa shape index (κ2) is 8.88. The van der Waals surface area contributed by atoms with Crippen LogP contribution in [0, 0.1) is 6.92 Å². The van der Waals surface area contributed by atoms with Gasteiger partial charge in [-0.05, 0) is 43.7 Å². The molecule has 0 atom stereocenters. The van der Waals surface area contributed by atoms with Crippen molar-refractivity contribution >= 4 is 21.6 Å². The number of aryl methyl sites for hydroxylation is 1. The average Bonchev–Trinajstić information content (AvgIpc) is 2.66. The Morgan fingerprint density at radius 2 is 1.85 bits per heavy atom. The molecule has 7 nitrogen and oxygen atoms in total. The maximum absolute atomic E-state index is 12.6. The van der Waals surface area contributed by atoms with Crippen molar-refractivity contribution in [2.75, 3.05) is 32.2 Å². The zero-order valence-electron chi connectivity index (χ0n) is 15.9. The van der Waals surface area contributed by atoms with E-state index in [0.717, 1.165) is 11.3 Å².